The van der Waals surface area contributed by atoms with Crippen molar-refractivity contribution in [1.29, 1.82) is 0 Å². The maximum Gasteiger partial charge on any atom is 0.233 e. The van der Waals surface area contributed by atoms with Gasteiger partial charge in [0.25, 0.3) is 0 Å². The first-order valence-electron chi connectivity index (χ1n) is 8.91. The van der Waals surface area contributed by atoms with Gasteiger partial charge in [0, 0.05) is 25.6 Å². The summed E-state index contributed by atoms with van der Waals surface area (Å²) in [6.07, 6.45) is 8.55. The Kier molecular flexibility index (Phi) is 3.45. The highest BCUT2D eigenvalue weighted by Crippen LogP contribution is 2.52. The van der Waals surface area contributed by atoms with E-state index in [0.29, 0.717) is 19.0 Å². The summed E-state index contributed by atoms with van der Waals surface area (Å²) >= 11 is 0. The van der Waals surface area contributed by atoms with E-state index in [0.717, 1.165) is 5.69 Å². The van der Waals surface area contributed by atoms with Gasteiger partial charge in [0.15, 0.2) is 0 Å². The lowest BCUT2D eigenvalue weighted by molar-refractivity contribution is -0.136. The van der Waals surface area contributed by atoms with Crippen LogP contribution < -0.4 is 5.32 Å². The topological polar surface area (TPSA) is 89.4 Å². The van der Waals surface area contributed by atoms with E-state index in [-0.39, 0.29) is 17.9 Å². The van der Waals surface area contributed by atoms with Crippen LogP contribution in [0.3, 0.4) is 0 Å². The van der Waals surface area contributed by atoms with Crippen molar-refractivity contribution >= 4 is 17.8 Å². The van der Waals surface area contributed by atoms with Crippen molar-refractivity contribution in [2.24, 2.45) is 18.9 Å². The van der Waals surface area contributed by atoms with E-state index in [1.807, 2.05) is 30.4 Å². The van der Waals surface area contributed by atoms with Gasteiger partial charge in [-0.25, -0.2) is 4.98 Å². The summed E-state index contributed by atoms with van der Waals surface area (Å²) in [6, 6.07) is 5.62. The number of nitrogens with one attached hydrogen (secondary N) is 1. The molecule has 2 aromatic rings. The molecule has 2 bridgehead atoms. The second-order valence-corrected chi connectivity index (χ2v) is 7.27. The monoisotopic (exact) mass is 365 g/mol. The number of carbonyl (C=O) groups excluding carboxylic acids is 2. The number of rotatable bonds is 4. The number of aromatic nitrogens is 3. The van der Waals surface area contributed by atoms with Crippen molar-refractivity contribution in [2.45, 2.75) is 18.2 Å². The molecule has 2 fully saturated rings. The highest BCUT2D eigenvalue weighted by Gasteiger charge is 2.66. The molecule has 138 valence electrons. The van der Waals surface area contributed by atoms with Gasteiger partial charge in [-0.1, -0.05) is 18.2 Å². The minimum Gasteiger partial charge on any atom is -0.360 e. The Bertz CT molecular complexity index is 940. The third-order valence-electron chi connectivity index (χ3n) is 5.62. The second-order valence-electron chi connectivity index (χ2n) is 7.27. The SMILES string of the molecule is Cn1ccnc1NC(=O)[C@H]1[C@H]2C=C[C@]3(CN(Cc4ccccn4)C(=O)[C@@H]13)O2. The van der Waals surface area contributed by atoms with E-state index >= 15 is 0 Å². The molecule has 5 rings (SSSR count). The molecule has 27 heavy (non-hydrogen) atoms. The molecule has 3 aliphatic heterocycles. The van der Waals surface area contributed by atoms with Crippen LogP contribution in [0.15, 0.2) is 48.9 Å². The number of carbonyl (C=O) groups is 2. The molecular weight excluding hydrogens is 346 g/mol. The maximum atomic E-state index is 13.1. The van der Waals surface area contributed by atoms with Gasteiger partial charge in [-0.05, 0) is 12.1 Å². The average molecular weight is 365 g/mol. The first-order valence-corrected chi connectivity index (χ1v) is 8.91. The Morgan fingerprint density at radius 2 is 2.26 bits per heavy atom. The minimum atomic E-state index is -0.722. The lowest BCUT2D eigenvalue weighted by Crippen LogP contribution is -2.41. The molecule has 4 atom stereocenters. The van der Waals surface area contributed by atoms with Crippen molar-refractivity contribution in [3.05, 3.63) is 54.6 Å². The quantitative estimate of drug-likeness (QED) is 0.807. The number of hydrogen-bond acceptors (Lipinski definition) is 5. The van der Waals surface area contributed by atoms with Crippen molar-refractivity contribution in [3.63, 3.8) is 0 Å². The fourth-order valence-corrected chi connectivity index (χ4v) is 4.38. The molecule has 0 aliphatic carbocycles. The lowest BCUT2D eigenvalue weighted by Gasteiger charge is -2.23. The molecule has 2 aromatic heterocycles. The van der Waals surface area contributed by atoms with Crippen LogP contribution in [0.4, 0.5) is 5.95 Å². The number of imidazole rings is 1. The van der Waals surface area contributed by atoms with Crippen LogP contribution in [0.5, 0.6) is 0 Å². The summed E-state index contributed by atoms with van der Waals surface area (Å²) in [6.45, 7) is 0.847. The number of nitrogens with zero attached hydrogens (tertiary/aromatic N) is 4. The zero-order chi connectivity index (χ0) is 18.6. The van der Waals surface area contributed by atoms with Gasteiger partial charge in [0.05, 0.1) is 36.7 Å². The number of amides is 2. The zero-order valence-corrected chi connectivity index (χ0v) is 14.8. The summed E-state index contributed by atoms with van der Waals surface area (Å²) in [5.74, 6) is -0.924. The predicted octanol–water partition coefficient (Wildman–Crippen LogP) is 0.736. The number of fused-ring (bicyclic) bond motifs is 1. The van der Waals surface area contributed by atoms with Gasteiger partial charge >= 0.3 is 0 Å². The third-order valence-corrected chi connectivity index (χ3v) is 5.62. The van der Waals surface area contributed by atoms with Crippen LogP contribution >= 0.6 is 0 Å². The van der Waals surface area contributed by atoms with Crippen molar-refractivity contribution < 1.29 is 14.3 Å². The van der Waals surface area contributed by atoms with E-state index in [9.17, 15) is 9.59 Å². The van der Waals surface area contributed by atoms with Gasteiger partial charge in [0.1, 0.15) is 5.60 Å². The number of hydrogen-bond donors (Lipinski definition) is 1. The summed E-state index contributed by atoms with van der Waals surface area (Å²) in [5, 5.41) is 2.83. The van der Waals surface area contributed by atoms with Gasteiger partial charge < -0.3 is 14.2 Å². The Morgan fingerprint density at radius 3 is 3.00 bits per heavy atom. The molecule has 3 aliphatic rings. The van der Waals surface area contributed by atoms with Crippen molar-refractivity contribution in [3.8, 4) is 0 Å². The van der Waals surface area contributed by atoms with Gasteiger partial charge in [-0.3, -0.25) is 19.9 Å². The molecule has 8 nitrogen and oxygen atoms in total. The summed E-state index contributed by atoms with van der Waals surface area (Å²) < 4.78 is 7.85. The molecule has 0 saturated carbocycles. The summed E-state index contributed by atoms with van der Waals surface area (Å²) in [5.41, 5.74) is 0.0925. The minimum absolute atomic E-state index is 0.0625. The predicted molar refractivity (Wildman–Crippen MR) is 95.2 cm³/mol. The molecule has 5 heterocycles. The highest BCUT2D eigenvalue weighted by molar-refractivity contribution is 5.98. The van der Waals surface area contributed by atoms with E-state index in [1.165, 1.54) is 0 Å². The Hall–Kier alpha value is -3.00. The Morgan fingerprint density at radius 1 is 1.37 bits per heavy atom. The number of ether oxygens (including phenoxy) is 1. The Labute approximate surface area is 155 Å². The molecular formula is C19H19N5O3. The molecule has 2 saturated heterocycles. The fraction of sp³-hybridized carbons (Fsp3) is 0.368. The second kappa shape index (κ2) is 5.75. The van der Waals surface area contributed by atoms with Crippen LogP contribution in [0.1, 0.15) is 5.69 Å². The highest BCUT2D eigenvalue weighted by atomic mass is 16.5. The molecule has 0 unspecified atom stereocenters. The summed E-state index contributed by atoms with van der Waals surface area (Å²) in [4.78, 5) is 36.3. The van der Waals surface area contributed by atoms with Gasteiger partial charge in [-0.2, -0.15) is 0 Å². The fourth-order valence-electron chi connectivity index (χ4n) is 4.38. The van der Waals surface area contributed by atoms with Crippen molar-refractivity contribution in [2.75, 3.05) is 11.9 Å². The number of likely N-dealkylation sites (tertiary alicyclic amines) is 1. The standard InChI is InChI=1S/C19H19N5O3/c1-23-9-8-21-18(23)22-16(25)14-13-5-6-19(27-13)11-24(17(26)15(14)19)10-12-4-2-3-7-20-12/h2-9,13-15H,10-11H2,1H3,(H,21,22,25)/t13-,14+,15-,19-/m1/s1. The van der Waals surface area contributed by atoms with Crippen LogP contribution in [0, 0.1) is 11.8 Å². The van der Waals surface area contributed by atoms with E-state index < -0.39 is 17.4 Å². The lowest BCUT2D eigenvalue weighted by atomic mass is 9.77. The first-order chi connectivity index (χ1) is 13.1. The largest absolute Gasteiger partial charge is 0.360 e. The smallest absolute Gasteiger partial charge is 0.233 e. The zero-order valence-electron chi connectivity index (χ0n) is 14.8. The average Bonchev–Trinajstić information content (AvgIpc) is 3.39. The van der Waals surface area contributed by atoms with Crippen LogP contribution in [-0.2, 0) is 27.9 Å². The van der Waals surface area contributed by atoms with Crippen LogP contribution in [0.2, 0.25) is 0 Å². The van der Waals surface area contributed by atoms with Crippen LogP contribution in [0.25, 0.3) is 0 Å². The van der Waals surface area contributed by atoms with Gasteiger partial charge in [0.2, 0.25) is 17.8 Å². The number of pyridine rings is 1. The third kappa shape index (κ3) is 2.40. The molecule has 1 N–H and O–H groups in total. The molecule has 2 amide bonds. The molecule has 1 spiro atoms. The normalized spacial score (nSPS) is 30.8. The maximum absolute atomic E-state index is 13.1. The number of anilines is 1. The molecule has 0 radical (unpaired) electrons. The Balaban J connectivity index is 1.40. The molecule has 8 heteroatoms. The summed E-state index contributed by atoms with van der Waals surface area (Å²) in [7, 11) is 1.80. The molecule has 0 aromatic carbocycles. The van der Waals surface area contributed by atoms with Crippen molar-refractivity contribution in [1.82, 2.24) is 19.4 Å². The van der Waals surface area contributed by atoms with E-state index in [2.05, 4.69) is 15.3 Å². The van der Waals surface area contributed by atoms with Gasteiger partial charge in [-0.15, -0.1) is 0 Å². The van der Waals surface area contributed by atoms with E-state index in [4.69, 9.17) is 4.74 Å². The first kappa shape index (κ1) is 16.2. The van der Waals surface area contributed by atoms with Crippen LogP contribution in [-0.4, -0.2) is 49.5 Å². The number of aryl methyl sites for hydroxylation is 1. The van der Waals surface area contributed by atoms with E-state index in [1.54, 1.807) is 35.1 Å².